The Morgan fingerprint density at radius 1 is 0.443 bits per heavy atom. The Hall–Kier alpha value is -2.90. The minimum atomic E-state index is -1.62. The number of esters is 1. The van der Waals surface area contributed by atoms with Crippen LogP contribution in [-0.4, -0.2) is 99.6 Å². The summed E-state index contributed by atoms with van der Waals surface area (Å²) in [6.07, 6.45) is 73.7. The van der Waals surface area contributed by atoms with Gasteiger partial charge in [-0.1, -0.05) is 312 Å². The van der Waals surface area contributed by atoms with E-state index >= 15 is 0 Å². The first-order chi connectivity index (χ1) is 43.2. The number of aliphatic hydroxyl groups is 5. The topological polar surface area (TPSA) is 175 Å². The van der Waals surface area contributed by atoms with E-state index in [1.165, 1.54) is 205 Å². The molecule has 0 spiro atoms. The van der Waals surface area contributed by atoms with Gasteiger partial charge in [-0.15, -0.1) is 0 Å². The molecule has 1 rings (SSSR count). The molecule has 11 nitrogen and oxygen atoms in total. The number of aliphatic hydroxyl groups excluding tert-OH is 5. The number of carbonyl (C=O) groups is 2. The van der Waals surface area contributed by atoms with Crippen LogP contribution >= 0.6 is 0 Å². The molecule has 8 unspecified atom stereocenters. The van der Waals surface area contributed by atoms with Crippen molar-refractivity contribution in [2.75, 3.05) is 13.2 Å². The highest BCUT2D eigenvalue weighted by molar-refractivity contribution is 5.80. The third-order valence-electron chi connectivity index (χ3n) is 17.3. The van der Waals surface area contributed by atoms with Crippen LogP contribution in [0.2, 0.25) is 0 Å². The molecule has 11 heteroatoms. The monoisotopic (exact) mass is 1240 g/mol. The first-order valence-electron chi connectivity index (χ1n) is 37.2. The normalized spacial score (nSPS) is 18.6. The molecule has 1 saturated heterocycles. The van der Waals surface area contributed by atoms with Crippen LogP contribution in [0, 0.1) is 0 Å². The van der Waals surface area contributed by atoms with Crippen LogP contribution in [0.3, 0.4) is 0 Å². The van der Waals surface area contributed by atoms with E-state index in [1.807, 2.05) is 6.08 Å². The molecule has 1 amide bonds. The first kappa shape index (κ1) is 83.1. The summed E-state index contributed by atoms with van der Waals surface area (Å²) in [5, 5.41) is 57.3. The van der Waals surface area contributed by atoms with Gasteiger partial charge in [-0.2, -0.15) is 0 Å². The fourth-order valence-electron chi connectivity index (χ4n) is 11.5. The molecule has 1 heterocycles. The molecule has 0 aliphatic carbocycles. The van der Waals surface area contributed by atoms with Crippen molar-refractivity contribution in [2.45, 2.75) is 391 Å². The highest BCUT2D eigenvalue weighted by atomic mass is 16.7. The molecule has 0 aromatic rings. The Bertz CT molecular complexity index is 1710. The van der Waals surface area contributed by atoms with E-state index in [0.29, 0.717) is 19.3 Å². The predicted molar refractivity (Wildman–Crippen MR) is 370 cm³/mol. The maximum Gasteiger partial charge on any atom is 0.306 e. The van der Waals surface area contributed by atoms with Crippen LogP contribution in [0.1, 0.15) is 342 Å². The van der Waals surface area contributed by atoms with Crippen LogP contribution in [0.4, 0.5) is 0 Å². The van der Waals surface area contributed by atoms with Crippen molar-refractivity contribution in [3.63, 3.8) is 0 Å². The summed E-state index contributed by atoms with van der Waals surface area (Å²) in [7, 11) is 0. The zero-order valence-electron chi connectivity index (χ0n) is 57.1. The van der Waals surface area contributed by atoms with Gasteiger partial charge in [0.05, 0.1) is 25.4 Å². The second kappa shape index (κ2) is 64.2. The Morgan fingerprint density at radius 2 is 0.784 bits per heavy atom. The third kappa shape index (κ3) is 50.7. The fraction of sp³-hybridized carbons (Fsp3) is 0.818. The number of hydrogen-bond donors (Lipinski definition) is 6. The lowest BCUT2D eigenvalue weighted by Crippen LogP contribution is -2.61. The number of carbonyl (C=O) groups excluding carboxylic acids is 2. The number of amides is 1. The van der Waals surface area contributed by atoms with Crippen LogP contribution in [-0.2, 0) is 23.8 Å². The second-order valence-electron chi connectivity index (χ2n) is 25.7. The lowest BCUT2D eigenvalue weighted by molar-refractivity contribution is -0.305. The second-order valence-corrected chi connectivity index (χ2v) is 25.7. The molecule has 0 aromatic carbocycles. The summed E-state index contributed by atoms with van der Waals surface area (Å²) in [5.74, 6) is -1.19. The van der Waals surface area contributed by atoms with Gasteiger partial charge in [0.1, 0.15) is 24.4 Å². The highest BCUT2D eigenvalue weighted by Gasteiger charge is 2.47. The summed E-state index contributed by atoms with van der Waals surface area (Å²) in [6, 6.07) is -1.03. The van der Waals surface area contributed by atoms with E-state index in [1.54, 1.807) is 6.08 Å². The third-order valence-corrected chi connectivity index (χ3v) is 17.3. The number of nitrogens with one attached hydrogen (secondary N) is 1. The maximum absolute atomic E-state index is 13.5. The number of unbranched alkanes of at least 4 members (excludes halogenated alkanes) is 40. The van der Waals surface area contributed by atoms with Crippen LogP contribution in [0.25, 0.3) is 0 Å². The number of hydrogen-bond acceptors (Lipinski definition) is 10. The first-order valence-corrected chi connectivity index (χ1v) is 37.2. The van der Waals surface area contributed by atoms with Crippen LogP contribution in [0.5, 0.6) is 0 Å². The van der Waals surface area contributed by atoms with Crippen molar-refractivity contribution in [1.82, 2.24) is 5.32 Å². The summed E-state index contributed by atoms with van der Waals surface area (Å²) >= 11 is 0. The van der Waals surface area contributed by atoms with Crippen molar-refractivity contribution in [1.29, 1.82) is 0 Å². The quantitative estimate of drug-likeness (QED) is 0.0195. The van der Waals surface area contributed by atoms with Crippen LogP contribution in [0.15, 0.2) is 72.9 Å². The van der Waals surface area contributed by atoms with Gasteiger partial charge in [-0.3, -0.25) is 9.59 Å². The minimum absolute atomic E-state index is 0.115. The fourth-order valence-corrected chi connectivity index (χ4v) is 11.5. The lowest BCUT2D eigenvalue weighted by atomic mass is 9.99. The largest absolute Gasteiger partial charge is 0.454 e. The SMILES string of the molecule is CCCCC/C=C\C/C=C\C/C=C\CCCCCCCCCCC(=O)OC1C(OCC(NC(=O)C(O)CCCCCCCCCCCCCCCCCC/C=C\C/C=C\CCCCC)C(O)/C=C/CCCCCCCCCCCC)OC(CO)C(O)C1O. The van der Waals surface area contributed by atoms with E-state index in [2.05, 4.69) is 86.8 Å². The molecule has 1 aliphatic heterocycles. The van der Waals surface area contributed by atoms with E-state index < -0.39 is 67.4 Å². The molecule has 88 heavy (non-hydrogen) atoms. The van der Waals surface area contributed by atoms with Crippen molar-refractivity contribution in [3.05, 3.63) is 72.9 Å². The van der Waals surface area contributed by atoms with Gasteiger partial charge in [0, 0.05) is 6.42 Å². The van der Waals surface area contributed by atoms with Gasteiger partial charge in [0.2, 0.25) is 5.91 Å². The molecule has 0 saturated carbocycles. The molecule has 0 bridgehead atoms. The summed E-state index contributed by atoms with van der Waals surface area (Å²) in [5.41, 5.74) is 0. The molecule has 0 radical (unpaired) electrons. The van der Waals surface area contributed by atoms with Gasteiger partial charge < -0.3 is 45.1 Å². The Kier molecular flexibility index (Phi) is 60.6. The lowest BCUT2D eigenvalue weighted by Gasteiger charge is -2.41. The molecular formula is C77H139NO10. The van der Waals surface area contributed by atoms with Crippen molar-refractivity contribution in [3.8, 4) is 0 Å². The number of allylic oxidation sites excluding steroid dienone is 11. The van der Waals surface area contributed by atoms with Crippen LogP contribution < -0.4 is 5.32 Å². The predicted octanol–water partition coefficient (Wildman–Crippen LogP) is 19.5. The minimum Gasteiger partial charge on any atom is -0.454 e. The summed E-state index contributed by atoms with van der Waals surface area (Å²) in [6.45, 7) is 5.78. The standard InChI is InChI=1S/C77H139NO10/c1-4-7-10-13-16-19-22-25-27-29-31-33-34-35-36-37-39-40-42-44-46-49-52-55-58-61-64-70(81)76(85)78-68(69(80)63-60-57-54-51-48-24-21-18-15-12-9-6-3)67-86-77-75(74(84)73(83)71(66-79)87-77)88-72(82)65-62-59-56-53-50-47-45-43-41-38-32-30-28-26-23-20-17-14-11-8-5-2/h16-17,19-20,25-28,32,38,60,63,68-71,73-75,77,79-81,83-84H,4-15,18,21-24,29-31,33-37,39-59,61-62,64-67H2,1-3H3,(H,78,85)/b19-16-,20-17-,27-25-,28-26-,38-32-,63-60+. The zero-order valence-corrected chi connectivity index (χ0v) is 57.1. The average Bonchev–Trinajstić information content (AvgIpc) is 1.36. The van der Waals surface area contributed by atoms with Gasteiger partial charge in [0.25, 0.3) is 0 Å². The van der Waals surface area contributed by atoms with E-state index in [4.69, 9.17) is 14.2 Å². The van der Waals surface area contributed by atoms with Crippen molar-refractivity contribution >= 4 is 11.9 Å². The summed E-state index contributed by atoms with van der Waals surface area (Å²) in [4.78, 5) is 26.7. The van der Waals surface area contributed by atoms with Gasteiger partial charge in [-0.25, -0.2) is 0 Å². The smallest absolute Gasteiger partial charge is 0.306 e. The number of rotatable bonds is 64. The zero-order chi connectivity index (χ0) is 63.9. The van der Waals surface area contributed by atoms with Gasteiger partial charge in [0.15, 0.2) is 12.4 Å². The maximum atomic E-state index is 13.5. The van der Waals surface area contributed by atoms with Gasteiger partial charge >= 0.3 is 5.97 Å². The van der Waals surface area contributed by atoms with E-state index in [0.717, 1.165) is 89.9 Å². The molecule has 8 atom stereocenters. The van der Waals surface area contributed by atoms with Crippen molar-refractivity contribution in [2.24, 2.45) is 0 Å². The molecule has 1 fully saturated rings. The van der Waals surface area contributed by atoms with E-state index in [9.17, 15) is 35.1 Å². The highest BCUT2D eigenvalue weighted by Crippen LogP contribution is 2.26. The van der Waals surface area contributed by atoms with E-state index in [-0.39, 0.29) is 13.0 Å². The Balaban J connectivity index is 2.54. The van der Waals surface area contributed by atoms with Gasteiger partial charge in [-0.05, 0) is 96.3 Å². The molecule has 512 valence electrons. The average molecular weight is 1240 g/mol. The Labute approximate surface area is 541 Å². The molecule has 1 aliphatic rings. The molecular weight excluding hydrogens is 1100 g/mol. The molecule has 6 N–H and O–H groups in total. The number of ether oxygens (including phenoxy) is 3. The van der Waals surface area contributed by atoms with Crippen molar-refractivity contribution < 1.29 is 49.3 Å². The molecule has 0 aromatic heterocycles. The summed E-state index contributed by atoms with van der Waals surface area (Å²) < 4.78 is 17.7. The Morgan fingerprint density at radius 3 is 1.19 bits per heavy atom.